The summed E-state index contributed by atoms with van der Waals surface area (Å²) in [7, 11) is 0. The summed E-state index contributed by atoms with van der Waals surface area (Å²) in [4.78, 5) is 15.4. The second-order valence-electron chi connectivity index (χ2n) is 2.83. The van der Waals surface area contributed by atoms with E-state index in [1.165, 1.54) is 0 Å². The van der Waals surface area contributed by atoms with Crippen LogP contribution < -0.4 is 5.73 Å². The zero-order valence-corrected chi connectivity index (χ0v) is 8.14. The summed E-state index contributed by atoms with van der Waals surface area (Å²) in [6.07, 6.45) is 3.29. The Morgan fingerprint density at radius 2 is 2.50 bits per heavy atom. The lowest BCUT2D eigenvalue weighted by Gasteiger charge is -2.12. The highest BCUT2D eigenvalue weighted by molar-refractivity contribution is 5.78. The van der Waals surface area contributed by atoms with Crippen LogP contribution in [0.1, 0.15) is 18.4 Å². The van der Waals surface area contributed by atoms with Crippen molar-refractivity contribution >= 4 is 5.97 Å². The fourth-order valence-electron chi connectivity index (χ4n) is 1.19. The number of aromatic nitrogens is 1. The summed E-state index contributed by atoms with van der Waals surface area (Å²) in [5.41, 5.74) is 6.31. The molecule has 0 bridgehead atoms. The predicted molar refractivity (Wildman–Crippen MR) is 52.7 cm³/mol. The van der Waals surface area contributed by atoms with Crippen molar-refractivity contribution in [3.8, 4) is 0 Å². The van der Waals surface area contributed by atoms with Crippen molar-refractivity contribution in [3.05, 3.63) is 30.1 Å². The van der Waals surface area contributed by atoms with E-state index in [0.717, 1.165) is 5.56 Å². The Morgan fingerprint density at radius 3 is 3.00 bits per heavy atom. The van der Waals surface area contributed by atoms with Crippen molar-refractivity contribution < 1.29 is 9.53 Å². The minimum absolute atomic E-state index is 0.241. The summed E-state index contributed by atoms with van der Waals surface area (Å²) >= 11 is 0. The zero-order valence-electron chi connectivity index (χ0n) is 8.14. The van der Waals surface area contributed by atoms with Gasteiger partial charge in [0.1, 0.15) is 0 Å². The van der Waals surface area contributed by atoms with Gasteiger partial charge in [0.25, 0.3) is 0 Å². The fraction of sp³-hybridized carbons (Fsp3) is 0.400. The number of rotatable bonds is 4. The number of hydrogen-bond acceptors (Lipinski definition) is 4. The zero-order chi connectivity index (χ0) is 10.4. The Kier molecular flexibility index (Phi) is 4.07. The van der Waals surface area contributed by atoms with Gasteiger partial charge >= 0.3 is 5.97 Å². The molecule has 0 aromatic carbocycles. The van der Waals surface area contributed by atoms with Crippen LogP contribution in [0.5, 0.6) is 0 Å². The number of esters is 1. The van der Waals surface area contributed by atoms with Crippen LogP contribution in [-0.4, -0.2) is 24.1 Å². The van der Waals surface area contributed by atoms with Gasteiger partial charge in [-0.15, -0.1) is 0 Å². The summed E-state index contributed by atoms with van der Waals surface area (Å²) in [6.45, 7) is 2.38. The molecule has 0 spiro atoms. The number of carbonyl (C=O) groups is 1. The molecule has 0 saturated carbocycles. The van der Waals surface area contributed by atoms with Gasteiger partial charge in [0.2, 0.25) is 0 Å². The number of ether oxygens (including phenoxy) is 1. The van der Waals surface area contributed by atoms with Crippen molar-refractivity contribution in [2.75, 3.05) is 13.2 Å². The van der Waals surface area contributed by atoms with Crippen molar-refractivity contribution in [2.24, 2.45) is 5.73 Å². The summed E-state index contributed by atoms with van der Waals surface area (Å²) in [5.74, 6) is -0.688. The molecule has 1 atom stereocenters. The number of pyridine rings is 1. The Morgan fingerprint density at radius 1 is 1.71 bits per heavy atom. The Bertz CT molecular complexity index is 287. The first-order chi connectivity index (χ1) is 6.79. The lowest BCUT2D eigenvalue weighted by atomic mass is 10.0. The van der Waals surface area contributed by atoms with Crippen molar-refractivity contribution in [1.82, 2.24) is 4.98 Å². The van der Waals surface area contributed by atoms with Gasteiger partial charge < -0.3 is 10.5 Å². The molecule has 0 radical (unpaired) electrons. The molecule has 0 aliphatic carbocycles. The second kappa shape index (κ2) is 5.34. The SMILES string of the molecule is CCOC(=O)[C@@H](CN)c1cccnc1. The molecule has 2 N–H and O–H groups in total. The first-order valence-corrected chi connectivity index (χ1v) is 4.56. The third-order valence-corrected chi connectivity index (χ3v) is 1.89. The molecular formula is C10H14N2O2. The Balaban J connectivity index is 2.77. The van der Waals surface area contributed by atoms with E-state index in [4.69, 9.17) is 10.5 Å². The maximum atomic E-state index is 11.4. The van der Waals surface area contributed by atoms with Gasteiger partial charge in [-0.1, -0.05) is 6.07 Å². The molecule has 0 unspecified atom stereocenters. The minimum Gasteiger partial charge on any atom is -0.465 e. The molecule has 0 aliphatic rings. The van der Waals surface area contributed by atoms with E-state index in [1.54, 1.807) is 25.4 Å². The van der Waals surface area contributed by atoms with E-state index in [0.29, 0.717) is 6.61 Å². The van der Waals surface area contributed by atoms with Crippen LogP contribution in [0.4, 0.5) is 0 Å². The van der Waals surface area contributed by atoms with Gasteiger partial charge in [0, 0.05) is 18.9 Å². The number of nitrogens with two attached hydrogens (primary N) is 1. The lowest BCUT2D eigenvalue weighted by Crippen LogP contribution is -2.23. The Labute approximate surface area is 83.1 Å². The van der Waals surface area contributed by atoms with Crippen LogP contribution >= 0.6 is 0 Å². The van der Waals surface area contributed by atoms with Crippen LogP contribution in [0.2, 0.25) is 0 Å². The largest absolute Gasteiger partial charge is 0.465 e. The van der Waals surface area contributed by atoms with E-state index < -0.39 is 5.92 Å². The van der Waals surface area contributed by atoms with Gasteiger partial charge in [0.15, 0.2) is 0 Å². The molecular weight excluding hydrogens is 180 g/mol. The summed E-state index contributed by atoms with van der Waals surface area (Å²) in [5, 5.41) is 0. The molecule has 1 heterocycles. The quantitative estimate of drug-likeness (QED) is 0.716. The second-order valence-corrected chi connectivity index (χ2v) is 2.83. The van der Waals surface area contributed by atoms with E-state index in [1.807, 2.05) is 6.07 Å². The molecule has 0 amide bonds. The smallest absolute Gasteiger partial charge is 0.314 e. The first-order valence-electron chi connectivity index (χ1n) is 4.56. The van der Waals surface area contributed by atoms with Crippen LogP contribution in [-0.2, 0) is 9.53 Å². The van der Waals surface area contributed by atoms with Crippen LogP contribution in [0.3, 0.4) is 0 Å². The molecule has 0 saturated heterocycles. The van der Waals surface area contributed by atoms with Gasteiger partial charge in [-0.25, -0.2) is 0 Å². The number of hydrogen-bond donors (Lipinski definition) is 1. The predicted octanol–water partition coefficient (Wildman–Crippen LogP) is 0.687. The summed E-state index contributed by atoms with van der Waals surface area (Å²) in [6, 6.07) is 3.60. The van der Waals surface area contributed by atoms with Crippen molar-refractivity contribution in [2.45, 2.75) is 12.8 Å². The highest BCUT2D eigenvalue weighted by atomic mass is 16.5. The standard InChI is InChI=1S/C10H14N2O2/c1-2-14-10(13)9(6-11)8-4-3-5-12-7-8/h3-5,7,9H,2,6,11H2,1H3/t9-/m0/s1. The molecule has 1 aromatic heterocycles. The molecule has 76 valence electrons. The molecule has 0 aliphatic heterocycles. The van der Waals surface area contributed by atoms with E-state index in [9.17, 15) is 4.79 Å². The fourth-order valence-corrected chi connectivity index (χ4v) is 1.19. The number of carbonyl (C=O) groups excluding carboxylic acids is 1. The number of nitrogens with zero attached hydrogens (tertiary/aromatic N) is 1. The van der Waals surface area contributed by atoms with E-state index in [2.05, 4.69) is 4.98 Å². The molecule has 4 nitrogen and oxygen atoms in total. The topological polar surface area (TPSA) is 65.2 Å². The third-order valence-electron chi connectivity index (χ3n) is 1.89. The van der Waals surface area contributed by atoms with Gasteiger partial charge in [-0.3, -0.25) is 9.78 Å². The third kappa shape index (κ3) is 2.53. The minimum atomic E-state index is -0.399. The highest BCUT2D eigenvalue weighted by Gasteiger charge is 2.19. The highest BCUT2D eigenvalue weighted by Crippen LogP contribution is 2.14. The monoisotopic (exact) mass is 194 g/mol. The lowest BCUT2D eigenvalue weighted by molar-refractivity contribution is -0.144. The van der Waals surface area contributed by atoms with Gasteiger partial charge in [-0.2, -0.15) is 0 Å². The molecule has 14 heavy (non-hydrogen) atoms. The summed E-state index contributed by atoms with van der Waals surface area (Å²) < 4.78 is 4.90. The molecule has 1 rings (SSSR count). The first kappa shape index (κ1) is 10.7. The van der Waals surface area contributed by atoms with E-state index in [-0.39, 0.29) is 12.5 Å². The molecule has 4 heteroatoms. The average molecular weight is 194 g/mol. The maximum Gasteiger partial charge on any atom is 0.314 e. The normalized spacial score (nSPS) is 12.1. The molecule has 0 fully saturated rings. The van der Waals surface area contributed by atoms with Gasteiger partial charge in [-0.05, 0) is 18.6 Å². The van der Waals surface area contributed by atoms with Crippen LogP contribution in [0.25, 0.3) is 0 Å². The van der Waals surface area contributed by atoms with E-state index >= 15 is 0 Å². The van der Waals surface area contributed by atoms with Crippen LogP contribution in [0.15, 0.2) is 24.5 Å². The molecule has 1 aromatic rings. The van der Waals surface area contributed by atoms with Crippen molar-refractivity contribution in [1.29, 1.82) is 0 Å². The average Bonchev–Trinajstić information content (AvgIpc) is 2.21. The van der Waals surface area contributed by atoms with Crippen molar-refractivity contribution in [3.63, 3.8) is 0 Å². The maximum absolute atomic E-state index is 11.4. The van der Waals surface area contributed by atoms with Crippen LogP contribution in [0, 0.1) is 0 Å². The van der Waals surface area contributed by atoms with Gasteiger partial charge in [0.05, 0.1) is 12.5 Å². The Hall–Kier alpha value is -1.42.